The number of amides is 2. The van der Waals surface area contributed by atoms with Crippen LogP contribution in [0.3, 0.4) is 0 Å². The molecule has 0 spiro atoms. The molecule has 1 N–H and O–H groups in total. The van der Waals surface area contributed by atoms with Crippen molar-refractivity contribution in [2.24, 2.45) is 11.0 Å². The molecule has 0 bridgehead atoms. The molecule has 2 aliphatic rings. The second-order valence-corrected chi connectivity index (χ2v) is 5.52. The topological polar surface area (TPSA) is 88.1 Å². The predicted molar refractivity (Wildman–Crippen MR) is 75.3 cm³/mol. The molecule has 0 aromatic rings. The highest BCUT2D eigenvalue weighted by atomic mass is 16.5. The quantitative estimate of drug-likeness (QED) is 0.765. The molecule has 0 radical (unpaired) electrons. The fraction of sp³-hybridized carbons (Fsp3) is 0.714. The van der Waals surface area contributed by atoms with Gasteiger partial charge in [0, 0.05) is 25.9 Å². The zero-order chi connectivity index (χ0) is 15.4. The Morgan fingerprint density at radius 3 is 2.76 bits per heavy atom. The van der Waals surface area contributed by atoms with Crippen LogP contribution < -0.4 is 5.32 Å². The minimum atomic E-state index is -0.245. The average molecular weight is 295 g/mol. The van der Waals surface area contributed by atoms with Gasteiger partial charge in [0.05, 0.1) is 13.0 Å². The van der Waals surface area contributed by atoms with Crippen molar-refractivity contribution in [1.82, 2.24) is 10.3 Å². The molecule has 0 aromatic carbocycles. The van der Waals surface area contributed by atoms with Crippen molar-refractivity contribution in [2.45, 2.75) is 44.6 Å². The lowest BCUT2D eigenvalue weighted by molar-refractivity contribution is -0.147. The Labute approximate surface area is 123 Å². The number of nitrogens with one attached hydrogen (secondary N) is 1. The molecule has 1 aliphatic carbocycles. The van der Waals surface area contributed by atoms with Gasteiger partial charge in [-0.25, -0.2) is 5.01 Å². The molecule has 7 heteroatoms. The highest BCUT2D eigenvalue weighted by Crippen LogP contribution is 2.25. The maximum atomic E-state index is 12.2. The molecule has 116 valence electrons. The van der Waals surface area contributed by atoms with Gasteiger partial charge < -0.3 is 10.1 Å². The number of carbonyl (C=O) groups is 3. The number of hydrazone groups is 1. The average Bonchev–Trinajstić information content (AvgIpc) is 2.49. The minimum absolute atomic E-state index is 0.0408. The van der Waals surface area contributed by atoms with Gasteiger partial charge in [0.2, 0.25) is 5.91 Å². The van der Waals surface area contributed by atoms with Crippen LogP contribution in [-0.4, -0.2) is 48.7 Å². The Kier molecular flexibility index (Phi) is 4.93. The third-order valence-corrected chi connectivity index (χ3v) is 4.01. The maximum Gasteiger partial charge on any atom is 0.308 e. The Bertz CT molecular complexity index is 475. The maximum absolute atomic E-state index is 12.2. The molecule has 21 heavy (non-hydrogen) atoms. The van der Waals surface area contributed by atoms with Crippen LogP contribution in [0.15, 0.2) is 5.10 Å². The van der Waals surface area contributed by atoms with E-state index in [9.17, 15) is 14.4 Å². The lowest BCUT2D eigenvalue weighted by Crippen LogP contribution is -2.44. The van der Waals surface area contributed by atoms with Gasteiger partial charge in [0.25, 0.3) is 5.91 Å². The number of hydrogen-bond donors (Lipinski definition) is 1. The zero-order valence-electron chi connectivity index (χ0n) is 12.4. The van der Waals surface area contributed by atoms with Gasteiger partial charge in [-0.3, -0.25) is 14.4 Å². The molecular formula is C14H21N3O4. The highest BCUT2D eigenvalue weighted by molar-refractivity contribution is 6.39. The van der Waals surface area contributed by atoms with Crippen molar-refractivity contribution < 1.29 is 19.1 Å². The molecule has 2 rings (SSSR count). The molecule has 0 saturated heterocycles. The number of carbonyl (C=O) groups excluding carboxylic acids is 3. The van der Waals surface area contributed by atoms with Crippen LogP contribution in [0.25, 0.3) is 0 Å². The van der Waals surface area contributed by atoms with Crippen molar-refractivity contribution >= 4 is 23.5 Å². The summed E-state index contributed by atoms with van der Waals surface area (Å²) in [5.74, 6) is -0.694. The van der Waals surface area contributed by atoms with Crippen LogP contribution in [0.5, 0.6) is 0 Å². The lowest BCUT2D eigenvalue weighted by Gasteiger charge is -2.28. The van der Waals surface area contributed by atoms with Crippen LogP contribution in [0.1, 0.15) is 38.5 Å². The number of nitrogens with zero attached hydrogens (tertiary/aromatic N) is 2. The first-order valence-corrected chi connectivity index (χ1v) is 7.24. The molecule has 1 aliphatic heterocycles. The highest BCUT2D eigenvalue weighted by Gasteiger charge is 2.30. The number of methoxy groups -OCH3 is 1. The monoisotopic (exact) mass is 295 g/mol. The van der Waals surface area contributed by atoms with E-state index >= 15 is 0 Å². The van der Waals surface area contributed by atoms with E-state index in [4.69, 9.17) is 4.74 Å². The van der Waals surface area contributed by atoms with Crippen molar-refractivity contribution in [3.8, 4) is 0 Å². The first-order chi connectivity index (χ1) is 10.0. The summed E-state index contributed by atoms with van der Waals surface area (Å²) in [4.78, 5) is 35.1. The van der Waals surface area contributed by atoms with E-state index in [1.807, 2.05) is 0 Å². The largest absolute Gasteiger partial charge is 0.469 e. The molecule has 1 saturated carbocycles. The fourth-order valence-electron chi connectivity index (χ4n) is 2.80. The molecule has 7 nitrogen and oxygen atoms in total. The van der Waals surface area contributed by atoms with Crippen LogP contribution in [-0.2, 0) is 19.1 Å². The van der Waals surface area contributed by atoms with Gasteiger partial charge in [-0.05, 0) is 19.3 Å². The number of esters is 1. The van der Waals surface area contributed by atoms with Crippen LogP contribution in [0.4, 0.5) is 0 Å². The first-order valence-electron chi connectivity index (χ1n) is 7.24. The summed E-state index contributed by atoms with van der Waals surface area (Å²) in [6.07, 6.45) is 3.80. The van der Waals surface area contributed by atoms with E-state index in [0.29, 0.717) is 25.0 Å². The van der Waals surface area contributed by atoms with Crippen LogP contribution in [0.2, 0.25) is 0 Å². The SMILES string of the molecule is COC(=O)C1CCCC(NC(=O)C2=NN(C)C(=O)CC2)C1. The second kappa shape index (κ2) is 6.69. The van der Waals surface area contributed by atoms with E-state index in [1.165, 1.54) is 12.1 Å². The fourth-order valence-corrected chi connectivity index (χ4v) is 2.80. The lowest BCUT2D eigenvalue weighted by atomic mass is 9.85. The Balaban J connectivity index is 1.92. The summed E-state index contributed by atoms with van der Waals surface area (Å²) in [7, 11) is 2.93. The predicted octanol–water partition coefficient (Wildman–Crippen LogP) is 0.443. The van der Waals surface area contributed by atoms with Crippen LogP contribution in [0, 0.1) is 5.92 Å². The molecule has 1 heterocycles. The summed E-state index contributed by atoms with van der Waals surface area (Å²) in [6.45, 7) is 0. The second-order valence-electron chi connectivity index (χ2n) is 5.52. The van der Waals surface area contributed by atoms with Crippen LogP contribution >= 0.6 is 0 Å². The normalized spacial score (nSPS) is 26.1. The molecule has 2 amide bonds. The smallest absolute Gasteiger partial charge is 0.308 e. The molecule has 0 aromatic heterocycles. The summed E-state index contributed by atoms with van der Waals surface area (Å²) in [5, 5.41) is 8.12. The third kappa shape index (κ3) is 3.80. The molecular weight excluding hydrogens is 274 g/mol. The van der Waals surface area contributed by atoms with Crippen molar-refractivity contribution in [2.75, 3.05) is 14.2 Å². The summed E-state index contributed by atoms with van der Waals surface area (Å²) in [6, 6.07) is -0.0408. The van der Waals surface area contributed by atoms with Gasteiger partial charge in [-0.1, -0.05) is 6.42 Å². The van der Waals surface area contributed by atoms with Gasteiger partial charge >= 0.3 is 5.97 Å². The van der Waals surface area contributed by atoms with Crippen molar-refractivity contribution in [1.29, 1.82) is 0 Å². The van der Waals surface area contributed by atoms with E-state index in [1.54, 1.807) is 7.05 Å². The summed E-state index contributed by atoms with van der Waals surface area (Å²) >= 11 is 0. The Morgan fingerprint density at radius 1 is 1.33 bits per heavy atom. The Hall–Kier alpha value is -1.92. The number of hydrogen-bond acceptors (Lipinski definition) is 5. The molecule has 1 fully saturated rings. The molecule has 2 unspecified atom stereocenters. The van der Waals surface area contributed by atoms with Gasteiger partial charge in [0.1, 0.15) is 5.71 Å². The summed E-state index contributed by atoms with van der Waals surface area (Å²) in [5.41, 5.74) is 0.372. The Morgan fingerprint density at radius 2 is 2.10 bits per heavy atom. The van der Waals surface area contributed by atoms with E-state index in [0.717, 1.165) is 19.3 Å². The molecule has 2 atom stereocenters. The zero-order valence-corrected chi connectivity index (χ0v) is 12.4. The minimum Gasteiger partial charge on any atom is -0.469 e. The van der Waals surface area contributed by atoms with Gasteiger partial charge in [0.15, 0.2) is 0 Å². The first kappa shape index (κ1) is 15.5. The van der Waals surface area contributed by atoms with E-state index in [2.05, 4.69) is 10.4 Å². The van der Waals surface area contributed by atoms with E-state index in [-0.39, 0.29) is 29.7 Å². The van der Waals surface area contributed by atoms with E-state index < -0.39 is 0 Å². The van der Waals surface area contributed by atoms with Gasteiger partial charge in [-0.2, -0.15) is 5.10 Å². The number of rotatable bonds is 3. The third-order valence-electron chi connectivity index (χ3n) is 4.01. The van der Waals surface area contributed by atoms with Gasteiger partial charge in [-0.15, -0.1) is 0 Å². The van der Waals surface area contributed by atoms with Crippen molar-refractivity contribution in [3.05, 3.63) is 0 Å². The number of ether oxygens (including phenoxy) is 1. The van der Waals surface area contributed by atoms with Crippen molar-refractivity contribution in [3.63, 3.8) is 0 Å². The summed E-state index contributed by atoms with van der Waals surface area (Å²) < 4.78 is 4.77. The standard InChI is InChI=1S/C14H21N3O4/c1-17-12(18)7-6-11(16-17)13(19)15-10-5-3-4-9(8-10)14(20)21-2/h9-10H,3-8H2,1-2H3,(H,15,19).